The average Bonchev–Trinajstić information content (AvgIpc) is 2.46. The molecule has 0 amide bonds. The Morgan fingerprint density at radius 3 is 2.62 bits per heavy atom. The number of anilines is 1. The predicted octanol–water partition coefficient (Wildman–Crippen LogP) is 3.68. The van der Waals surface area contributed by atoms with Crippen molar-refractivity contribution >= 4 is 27.3 Å². The van der Waals surface area contributed by atoms with Crippen LogP contribution in [0.3, 0.4) is 0 Å². The van der Waals surface area contributed by atoms with Crippen LogP contribution in [0.25, 0.3) is 0 Å². The zero-order valence-corrected chi connectivity index (χ0v) is 14.8. The van der Waals surface area contributed by atoms with E-state index in [-0.39, 0.29) is 0 Å². The van der Waals surface area contributed by atoms with Crippen molar-refractivity contribution in [3.8, 4) is 5.75 Å². The molecule has 3 rings (SSSR count). The van der Waals surface area contributed by atoms with Gasteiger partial charge in [-0.15, -0.1) is 0 Å². The highest BCUT2D eigenvalue weighted by Gasteiger charge is 2.30. The summed E-state index contributed by atoms with van der Waals surface area (Å²) in [5.74, 6) is 1.63. The number of aromatic nitrogens is 1. The molecule has 0 spiro atoms. The van der Waals surface area contributed by atoms with Crippen LogP contribution in [0.5, 0.6) is 5.75 Å². The van der Waals surface area contributed by atoms with Crippen molar-refractivity contribution in [3.05, 3.63) is 53.3 Å². The molecule has 1 fully saturated rings. The molecule has 0 aliphatic heterocycles. The summed E-state index contributed by atoms with van der Waals surface area (Å²) >= 11 is 5.91. The van der Waals surface area contributed by atoms with Crippen LogP contribution in [0.2, 0.25) is 5.02 Å². The van der Waals surface area contributed by atoms with Gasteiger partial charge in [-0.2, -0.15) is 0 Å². The maximum Gasteiger partial charge on any atom is 0.229 e. The number of nitrogens with one attached hydrogen (secondary N) is 1. The van der Waals surface area contributed by atoms with Crippen LogP contribution in [-0.2, 0) is 10.0 Å². The number of rotatable bonds is 6. The lowest BCUT2D eigenvalue weighted by Gasteiger charge is -2.35. The lowest BCUT2D eigenvalue weighted by Crippen LogP contribution is -2.27. The van der Waals surface area contributed by atoms with Gasteiger partial charge in [-0.05, 0) is 42.4 Å². The molecule has 0 bridgehead atoms. The highest BCUT2D eigenvalue weighted by atomic mass is 35.5. The number of hydrogen-bond donors (Lipinski definition) is 1. The maximum atomic E-state index is 11.2. The summed E-state index contributed by atoms with van der Waals surface area (Å²) in [6.07, 6.45) is 6.30. The molecule has 0 atom stereocenters. The van der Waals surface area contributed by atoms with Crippen LogP contribution in [0.4, 0.5) is 5.69 Å². The van der Waals surface area contributed by atoms with Crippen LogP contribution in [0, 0.1) is 5.92 Å². The van der Waals surface area contributed by atoms with Gasteiger partial charge in [0.05, 0.1) is 30.9 Å². The highest BCUT2D eigenvalue weighted by Crippen LogP contribution is 2.42. The van der Waals surface area contributed by atoms with Crippen LogP contribution in [0.1, 0.15) is 24.3 Å². The van der Waals surface area contributed by atoms with E-state index in [9.17, 15) is 8.42 Å². The number of ether oxygens (including phenoxy) is 1. The first-order chi connectivity index (χ1) is 11.4. The van der Waals surface area contributed by atoms with Crippen molar-refractivity contribution in [1.82, 2.24) is 4.98 Å². The molecule has 1 saturated carbocycles. The van der Waals surface area contributed by atoms with E-state index < -0.39 is 10.0 Å². The molecular formula is C17H19ClN2O3S. The fraction of sp³-hybridized carbons (Fsp3) is 0.353. The van der Waals surface area contributed by atoms with Gasteiger partial charge in [-0.1, -0.05) is 23.7 Å². The third-order valence-corrected chi connectivity index (χ3v) is 4.94. The minimum atomic E-state index is -3.31. The van der Waals surface area contributed by atoms with E-state index in [2.05, 4.69) is 21.8 Å². The summed E-state index contributed by atoms with van der Waals surface area (Å²) in [6, 6.07) is 9.64. The van der Waals surface area contributed by atoms with Crippen molar-refractivity contribution < 1.29 is 13.2 Å². The Labute approximate surface area is 147 Å². The minimum absolute atomic E-state index is 0.405. The smallest absolute Gasteiger partial charge is 0.229 e. The first kappa shape index (κ1) is 17.0. The molecule has 1 heterocycles. The van der Waals surface area contributed by atoms with Gasteiger partial charge < -0.3 is 4.74 Å². The summed E-state index contributed by atoms with van der Waals surface area (Å²) in [5, 5.41) is 0.757. The van der Waals surface area contributed by atoms with Crippen molar-refractivity contribution in [2.45, 2.75) is 18.8 Å². The van der Waals surface area contributed by atoms with Crippen molar-refractivity contribution in [2.75, 3.05) is 17.6 Å². The Morgan fingerprint density at radius 1 is 1.25 bits per heavy atom. The van der Waals surface area contributed by atoms with E-state index in [1.165, 1.54) is 11.8 Å². The lowest BCUT2D eigenvalue weighted by molar-refractivity contribution is 0.158. The van der Waals surface area contributed by atoms with Gasteiger partial charge in [0, 0.05) is 11.1 Å². The van der Waals surface area contributed by atoms with Gasteiger partial charge in [-0.3, -0.25) is 9.71 Å². The van der Waals surface area contributed by atoms with E-state index in [1.54, 1.807) is 12.3 Å². The Kier molecular flexibility index (Phi) is 4.96. The molecule has 1 aliphatic rings. The molecule has 0 radical (unpaired) electrons. The van der Waals surface area contributed by atoms with E-state index in [0.717, 1.165) is 24.1 Å². The molecular weight excluding hydrogens is 348 g/mol. The lowest BCUT2D eigenvalue weighted by atomic mass is 9.72. The monoisotopic (exact) mass is 366 g/mol. The predicted molar refractivity (Wildman–Crippen MR) is 95.1 cm³/mol. The van der Waals surface area contributed by atoms with Gasteiger partial charge in [0.1, 0.15) is 5.75 Å². The first-order valence-electron chi connectivity index (χ1n) is 7.70. The van der Waals surface area contributed by atoms with Crippen molar-refractivity contribution in [2.24, 2.45) is 5.92 Å². The molecule has 0 saturated heterocycles. The zero-order chi connectivity index (χ0) is 17.2. The van der Waals surface area contributed by atoms with E-state index >= 15 is 0 Å². The second kappa shape index (κ2) is 6.99. The number of benzene rings is 1. The zero-order valence-electron chi connectivity index (χ0n) is 13.3. The maximum absolute atomic E-state index is 11.2. The van der Waals surface area contributed by atoms with Crippen molar-refractivity contribution in [3.63, 3.8) is 0 Å². The Balaban J connectivity index is 1.49. The van der Waals surface area contributed by atoms with E-state index in [0.29, 0.717) is 29.9 Å². The summed E-state index contributed by atoms with van der Waals surface area (Å²) in [6.45, 7) is 0.605. The molecule has 1 aliphatic carbocycles. The average molecular weight is 367 g/mol. The van der Waals surface area contributed by atoms with Gasteiger partial charge in [-0.25, -0.2) is 8.42 Å². The molecule has 128 valence electrons. The first-order valence-corrected chi connectivity index (χ1v) is 9.97. The van der Waals surface area contributed by atoms with E-state index in [1.807, 2.05) is 12.1 Å². The van der Waals surface area contributed by atoms with Crippen LogP contribution >= 0.6 is 11.6 Å². The third kappa shape index (κ3) is 4.61. The van der Waals surface area contributed by atoms with Crippen molar-refractivity contribution in [1.29, 1.82) is 0 Å². The second-order valence-electron chi connectivity index (χ2n) is 6.18. The fourth-order valence-corrected chi connectivity index (χ4v) is 3.53. The minimum Gasteiger partial charge on any atom is -0.492 e. The number of sulfonamides is 1. The summed E-state index contributed by atoms with van der Waals surface area (Å²) in [4.78, 5) is 4.00. The quantitative estimate of drug-likeness (QED) is 0.846. The Morgan fingerprint density at radius 2 is 1.96 bits per heavy atom. The van der Waals surface area contributed by atoms with Gasteiger partial charge >= 0.3 is 0 Å². The molecule has 5 nitrogen and oxygen atoms in total. The van der Waals surface area contributed by atoms with Gasteiger partial charge in [0.25, 0.3) is 0 Å². The largest absolute Gasteiger partial charge is 0.492 e. The number of halogens is 1. The van der Waals surface area contributed by atoms with Crippen LogP contribution in [0.15, 0.2) is 42.7 Å². The van der Waals surface area contributed by atoms with Gasteiger partial charge in [0.2, 0.25) is 10.0 Å². The molecule has 2 aromatic rings. The molecule has 24 heavy (non-hydrogen) atoms. The third-order valence-electron chi connectivity index (χ3n) is 4.08. The van der Waals surface area contributed by atoms with Crippen LogP contribution < -0.4 is 9.46 Å². The molecule has 0 unspecified atom stereocenters. The van der Waals surface area contributed by atoms with Gasteiger partial charge in [0.15, 0.2) is 0 Å². The standard InChI is InChI=1S/C17H19ClN2O3S/c1-24(21,22)20-16-8-17(10-19-9-16)23-11-12-6-14(7-12)13-2-4-15(18)5-3-13/h2-5,8-10,12,14,20H,6-7,11H2,1H3. The summed E-state index contributed by atoms with van der Waals surface area (Å²) in [7, 11) is -3.31. The van der Waals surface area contributed by atoms with E-state index in [4.69, 9.17) is 16.3 Å². The Hall–Kier alpha value is -1.79. The fourth-order valence-electron chi connectivity index (χ4n) is 2.86. The number of nitrogens with zero attached hydrogens (tertiary/aromatic N) is 1. The molecule has 1 N–H and O–H groups in total. The van der Waals surface area contributed by atoms with Crippen LogP contribution in [-0.4, -0.2) is 26.3 Å². The molecule has 1 aromatic carbocycles. The molecule has 7 heteroatoms. The Bertz CT molecular complexity index is 803. The SMILES string of the molecule is CS(=O)(=O)Nc1cncc(OCC2CC(c3ccc(Cl)cc3)C2)c1. The highest BCUT2D eigenvalue weighted by molar-refractivity contribution is 7.92. The number of hydrogen-bond acceptors (Lipinski definition) is 4. The topological polar surface area (TPSA) is 68.3 Å². The molecule has 1 aromatic heterocycles. The number of pyridine rings is 1. The summed E-state index contributed by atoms with van der Waals surface area (Å²) < 4.78 is 30.6. The normalized spacial score (nSPS) is 20.2. The summed E-state index contributed by atoms with van der Waals surface area (Å²) in [5.41, 5.74) is 1.72. The second-order valence-corrected chi connectivity index (χ2v) is 8.37.